The van der Waals surface area contributed by atoms with Crippen LogP contribution in [0.2, 0.25) is 0 Å². The normalized spacial score (nSPS) is 10.6. The van der Waals surface area contributed by atoms with Crippen molar-refractivity contribution < 1.29 is 9.90 Å². The fraction of sp³-hybridized carbons (Fsp3) is 0.222. The van der Waals surface area contributed by atoms with E-state index in [1.165, 1.54) is 0 Å². The van der Waals surface area contributed by atoms with Crippen LogP contribution in [-0.2, 0) is 11.2 Å². The SMILES string of the molecule is Cc1ccnn2cc(CC(=O)O)nc12. The van der Waals surface area contributed by atoms with Crippen LogP contribution < -0.4 is 0 Å². The summed E-state index contributed by atoms with van der Waals surface area (Å²) in [5, 5.41) is 12.6. The molecule has 0 amide bonds. The third kappa shape index (κ3) is 1.44. The number of nitrogens with zero attached hydrogens (tertiary/aromatic N) is 3. The lowest BCUT2D eigenvalue weighted by molar-refractivity contribution is -0.136. The van der Waals surface area contributed by atoms with Gasteiger partial charge in [-0.15, -0.1) is 0 Å². The number of hydrogen-bond donors (Lipinski definition) is 1. The van der Waals surface area contributed by atoms with E-state index >= 15 is 0 Å². The van der Waals surface area contributed by atoms with E-state index in [1.807, 2.05) is 13.0 Å². The first-order valence-corrected chi connectivity index (χ1v) is 4.18. The number of carboxylic acid groups (broad SMARTS) is 1. The van der Waals surface area contributed by atoms with E-state index in [1.54, 1.807) is 16.9 Å². The number of hydrogen-bond acceptors (Lipinski definition) is 3. The monoisotopic (exact) mass is 191 g/mol. The molecule has 14 heavy (non-hydrogen) atoms. The van der Waals surface area contributed by atoms with Gasteiger partial charge >= 0.3 is 5.97 Å². The van der Waals surface area contributed by atoms with Crippen LogP contribution in [0, 0.1) is 6.92 Å². The molecule has 0 unspecified atom stereocenters. The predicted molar refractivity (Wildman–Crippen MR) is 49.1 cm³/mol. The van der Waals surface area contributed by atoms with E-state index in [0.717, 1.165) is 5.56 Å². The summed E-state index contributed by atoms with van der Waals surface area (Å²) in [6.45, 7) is 1.91. The lowest BCUT2D eigenvalue weighted by Crippen LogP contribution is -1.99. The topological polar surface area (TPSA) is 67.5 Å². The predicted octanol–water partition coefficient (Wildman–Crippen LogP) is 0.665. The molecule has 72 valence electrons. The Bertz CT molecular complexity index is 490. The third-order valence-electron chi connectivity index (χ3n) is 1.94. The summed E-state index contributed by atoms with van der Waals surface area (Å²) < 4.78 is 1.59. The first-order valence-electron chi connectivity index (χ1n) is 4.18. The number of rotatable bonds is 2. The van der Waals surface area contributed by atoms with Crippen LogP contribution in [0.3, 0.4) is 0 Å². The molecule has 0 aromatic carbocycles. The van der Waals surface area contributed by atoms with Crippen molar-refractivity contribution in [3.63, 3.8) is 0 Å². The summed E-state index contributed by atoms with van der Waals surface area (Å²) in [4.78, 5) is 14.6. The quantitative estimate of drug-likeness (QED) is 0.757. The van der Waals surface area contributed by atoms with Crippen molar-refractivity contribution in [1.29, 1.82) is 0 Å². The smallest absolute Gasteiger partial charge is 0.309 e. The highest BCUT2D eigenvalue weighted by Gasteiger charge is 2.07. The molecular weight excluding hydrogens is 182 g/mol. The molecule has 0 aliphatic carbocycles. The van der Waals surface area contributed by atoms with Gasteiger partial charge < -0.3 is 5.11 Å². The summed E-state index contributed by atoms with van der Waals surface area (Å²) >= 11 is 0. The van der Waals surface area contributed by atoms with E-state index in [9.17, 15) is 4.79 Å². The molecule has 0 saturated heterocycles. The van der Waals surface area contributed by atoms with Gasteiger partial charge in [-0.05, 0) is 18.6 Å². The molecule has 1 N–H and O–H groups in total. The van der Waals surface area contributed by atoms with E-state index in [0.29, 0.717) is 11.3 Å². The molecule has 0 aliphatic heterocycles. The number of fused-ring (bicyclic) bond motifs is 1. The van der Waals surface area contributed by atoms with E-state index in [-0.39, 0.29) is 6.42 Å². The minimum atomic E-state index is -0.883. The molecule has 0 bridgehead atoms. The molecular formula is C9H9N3O2. The van der Waals surface area contributed by atoms with Gasteiger partial charge in [-0.2, -0.15) is 5.10 Å². The second-order valence-corrected chi connectivity index (χ2v) is 3.09. The highest BCUT2D eigenvalue weighted by atomic mass is 16.4. The number of aryl methyl sites for hydroxylation is 1. The number of aliphatic carboxylic acids is 1. The van der Waals surface area contributed by atoms with Crippen molar-refractivity contribution >= 4 is 11.6 Å². The lowest BCUT2D eigenvalue weighted by Gasteiger charge is -1.92. The van der Waals surface area contributed by atoms with E-state index < -0.39 is 5.97 Å². The summed E-state index contributed by atoms with van der Waals surface area (Å²) in [6.07, 6.45) is 3.23. The largest absolute Gasteiger partial charge is 0.481 e. The standard InChI is InChI=1S/C9H9N3O2/c1-6-2-3-10-12-5-7(4-8(13)14)11-9(6)12/h2-3,5H,4H2,1H3,(H,13,14). The molecule has 2 aromatic heterocycles. The lowest BCUT2D eigenvalue weighted by atomic mass is 10.3. The number of carbonyl (C=O) groups is 1. The molecule has 0 radical (unpaired) electrons. The number of imidazole rings is 1. The molecule has 0 aliphatic rings. The Kier molecular flexibility index (Phi) is 1.92. The van der Waals surface area contributed by atoms with Crippen LogP contribution in [0.1, 0.15) is 11.3 Å². The van der Waals surface area contributed by atoms with Gasteiger partial charge in [-0.3, -0.25) is 4.79 Å². The van der Waals surface area contributed by atoms with Crippen LogP contribution in [0.4, 0.5) is 0 Å². The van der Waals surface area contributed by atoms with Gasteiger partial charge in [-0.1, -0.05) is 0 Å². The van der Waals surface area contributed by atoms with Crippen molar-refractivity contribution in [1.82, 2.24) is 14.6 Å². The maximum Gasteiger partial charge on any atom is 0.309 e. The zero-order valence-electron chi connectivity index (χ0n) is 7.64. The maximum absolute atomic E-state index is 10.5. The summed E-state index contributed by atoms with van der Waals surface area (Å²) in [6, 6.07) is 1.84. The first kappa shape index (κ1) is 8.68. The zero-order valence-corrected chi connectivity index (χ0v) is 7.64. The van der Waals surface area contributed by atoms with Gasteiger partial charge in [0.05, 0.1) is 18.3 Å². The Morgan fingerprint density at radius 3 is 3.07 bits per heavy atom. The van der Waals surface area contributed by atoms with E-state index in [4.69, 9.17) is 5.11 Å². The highest BCUT2D eigenvalue weighted by Crippen LogP contribution is 2.08. The second kappa shape index (κ2) is 3.10. The van der Waals surface area contributed by atoms with Gasteiger partial charge in [0, 0.05) is 6.20 Å². The average molecular weight is 191 g/mol. The van der Waals surface area contributed by atoms with Crippen LogP contribution in [0.15, 0.2) is 18.5 Å². The Labute approximate surface area is 80.0 Å². The molecule has 0 saturated carbocycles. The van der Waals surface area contributed by atoms with Crippen molar-refractivity contribution in [2.45, 2.75) is 13.3 Å². The van der Waals surface area contributed by atoms with Crippen molar-refractivity contribution in [2.24, 2.45) is 0 Å². The van der Waals surface area contributed by atoms with Crippen LogP contribution >= 0.6 is 0 Å². The number of aromatic nitrogens is 3. The summed E-state index contributed by atoms with van der Waals surface area (Å²) in [7, 11) is 0. The fourth-order valence-electron chi connectivity index (χ4n) is 1.31. The van der Waals surface area contributed by atoms with Gasteiger partial charge in [0.1, 0.15) is 0 Å². The zero-order chi connectivity index (χ0) is 10.1. The Morgan fingerprint density at radius 2 is 2.43 bits per heavy atom. The minimum Gasteiger partial charge on any atom is -0.481 e. The van der Waals surface area contributed by atoms with Crippen LogP contribution in [0.5, 0.6) is 0 Å². The Balaban J connectivity index is 2.51. The van der Waals surface area contributed by atoms with Crippen molar-refractivity contribution in [3.8, 4) is 0 Å². The summed E-state index contributed by atoms with van der Waals surface area (Å²) in [5.41, 5.74) is 2.22. The van der Waals surface area contributed by atoms with E-state index in [2.05, 4.69) is 10.1 Å². The Morgan fingerprint density at radius 1 is 1.64 bits per heavy atom. The molecule has 5 heteroatoms. The first-order chi connectivity index (χ1) is 6.66. The van der Waals surface area contributed by atoms with Crippen LogP contribution in [-0.4, -0.2) is 25.7 Å². The van der Waals surface area contributed by atoms with Crippen LogP contribution in [0.25, 0.3) is 5.65 Å². The van der Waals surface area contributed by atoms with Gasteiger partial charge in [-0.25, -0.2) is 9.50 Å². The van der Waals surface area contributed by atoms with Crippen molar-refractivity contribution in [3.05, 3.63) is 29.7 Å². The number of carboxylic acids is 1. The van der Waals surface area contributed by atoms with Gasteiger partial charge in [0.15, 0.2) is 5.65 Å². The second-order valence-electron chi connectivity index (χ2n) is 3.09. The molecule has 0 atom stereocenters. The maximum atomic E-state index is 10.5. The van der Waals surface area contributed by atoms with Gasteiger partial charge in [0.25, 0.3) is 0 Å². The molecule has 2 aromatic rings. The summed E-state index contributed by atoms with van der Waals surface area (Å²) in [5.74, 6) is -0.883. The highest BCUT2D eigenvalue weighted by molar-refractivity contribution is 5.69. The Hall–Kier alpha value is -1.91. The molecule has 0 fully saturated rings. The van der Waals surface area contributed by atoms with Gasteiger partial charge in [0.2, 0.25) is 0 Å². The molecule has 2 heterocycles. The fourth-order valence-corrected chi connectivity index (χ4v) is 1.31. The average Bonchev–Trinajstić information content (AvgIpc) is 2.47. The third-order valence-corrected chi connectivity index (χ3v) is 1.94. The molecule has 2 rings (SSSR count). The minimum absolute atomic E-state index is 0.0667. The van der Waals surface area contributed by atoms with Crippen molar-refractivity contribution in [2.75, 3.05) is 0 Å². The molecule has 0 spiro atoms. The molecule has 5 nitrogen and oxygen atoms in total.